The van der Waals surface area contributed by atoms with Gasteiger partial charge in [-0.25, -0.2) is 4.39 Å². The van der Waals surface area contributed by atoms with E-state index in [-0.39, 0.29) is 6.67 Å². The Morgan fingerprint density at radius 1 is 1.25 bits per heavy atom. The van der Waals surface area contributed by atoms with Crippen LogP contribution in [0.3, 0.4) is 0 Å². The Kier molecular flexibility index (Phi) is 3.88. The number of halogens is 2. The summed E-state index contributed by atoms with van der Waals surface area (Å²) in [6.07, 6.45) is 0. The van der Waals surface area contributed by atoms with E-state index in [1.54, 1.807) is 0 Å². The maximum Gasteiger partial charge on any atom is 0.107 e. The summed E-state index contributed by atoms with van der Waals surface area (Å²) in [4.78, 5) is 0. The molecule has 0 amide bonds. The number of hydrogen-bond donors (Lipinski definition) is 1. The van der Waals surface area contributed by atoms with Crippen LogP contribution in [0.2, 0.25) is 0 Å². The van der Waals surface area contributed by atoms with Crippen molar-refractivity contribution in [2.45, 2.75) is 5.88 Å². The second-order valence-corrected chi connectivity index (χ2v) is 2.71. The molecule has 0 radical (unpaired) electrons. The number of anilines is 1. The number of hydrogen-bond acceptors (Lipinski definition) is 1. The number of rotatable bonds is 4. The number of alkyl halides is 2. The molecule has 1 aromatic carbocycles. The first-order valence-corrected chi connectivity index (χ1v) is 4.35. The van der Waals surface area contributed by atoms with Gasteiger partial charge >= 0.3 is 0 Å². The molecular weight excluding hydrogens is 177 g/mol. The van der Waals surface area contributed by atoms with E-state index in [0.29, 0.717) is 12.4 Å². The first kappa shape index (κ1) is 9.33. The van der Waals surface area contributed by atoms with Gasteiger partial charge in [-0.2, -0.15) is 0 Å². The minimum absolute atomic E-state index is 0.350. The van der Waals surface area contributed by atoms with Gasteiger partial charge in [0.1, 0.15) is 6.67 Å². The summed E-state index contributed by atoms with van der Waals surface area (Å²) < 4.78 is 11.7. The van der Waals surface area contributed by atoms with Crippen molar-refractivity contribution in [3.8, 4) is 0 Å². The molecule has 1 N–H and O–H groups in total. The predicted octanol–water partition coefficient (Wildman–Crippen LogP) is 2.81. The third-order valence-corrected chi connectivity index (χ3v) is 1.84. The molecule has 0 spiro atoms. The SMILES string of the molecule is FCCNc1ccc(CCl)cc1. The standard InChI is InChI=1S/C9H11ClFN/c10-7-8-1-3-9(4-2-8)12-6-5-11/h1-4,12H,5-7H2. The summed E-state index contributed by atoms with van der Waals surface area (Å²) in [5.74, 6) is 0.517. The fourth-order valence-electron chi connectivity index (χ4n) is 0.903. The van der Waals surface area contributed by atoms with E-state index in [0.717, 1.165) is 11.3 Å². The zero-order valence-electron chi connectivity index (χ0n) is 6.69. The Bertz CT molecular complexity index is 222. The smallest absolute Gasteiger partial charge is 0.107 e. The summed E-state index contributed by atoms with van der Waals surface area (Å²) in [7, 11) is 0. The number of nitrogens with one attached hydrogen (secondary N) is 1. The van der Waals surface area contributed by atoms with Crippen LogP contribution in [0.1, 0.15) is 5.56 Å². The molecule has 0 bridgehead atoms. The summed E-state index contributed by atoms with van der Waals surface area (Å²) in [6.45, 7) is 0.0114. The van der Waals surface area contributed by atoms with Gasteiger partial charge in [-0.05, 0) is 17.7 Å². The molecule has 1 rings (SSSR count). The zero-order valence-corrected chi connectivity index (χ0v) is 7.44. The maximum absolute atomic E-state index is 11.7. The lowest BCUT2D eigenvalue weighted by molar-refractivity contribution is 0.513. The van der Waals surface area contributed by atoms with Gasteiger partial charge in [0, 0.05) is 18.1 Å². The van der Waals surface area contributed by atoms with Crippen LogP contribution in [0.15, 0.2) is 24.3 Å². The molecule has 1 nitrogen and oxygen atoms in total. The minimum Gasteiger partial charge on any atom is -0.382 e. The Morgan fingerprint density at radius 2 is 1.92 bits per heavy atom. The van der Waals surface area contributed by atoms with Gasteiger partial charge in [-0.15, -0.1) is 11.6 Å². The molecule has 1 aromatic rings. The normalized spacial score (nSPS) is 9.83. The number of benzene rings is 1. The summed E-state index contributed by atoms with van der Waals surface area (Å²) in [5.41, 5.74) is 2.00. The van der Waals surface area contributed by atoms with Crippen LogP contribution in [0.25, 0.3) is 0 Å². The molecule has 0 aliphatic carbocycles. The van der Waals surface area contributed by atoms with Gasteiger partial charge in [-0.1, -0.05) is 12.1 Å². The third-order valence-electron chi connectivity index (χ3n) is 1.53. The molecule has 12 heavy (non-hydrogen) atoms. The fourth-order valence-corrected chi connectivity index (χ4v) is 1.08. The Balaban J connectivity index is 2.53. The van der Waals surface area contributed by atoms with E-state index in [1.807, 2.05) is 24.3 Å². The van der Waals surface area contributed by atoms with Gasteiger partial charge in [0.15, 0.2) is 0 Å². The Hall–Kier alpha value is -0.760. The van der Waals surface area contributed by atoms with Crippen LogP contribution >= 0.6 is 11.6 Å². The molecule has 0 atom stereocenters. The first-order valence-electron chi connectivity index (χ1n) is 3.81. The van der Waals surface area contributed by atoms with E-state index >= 15 is 0 Å². The van der Waals surface area contributed by atoms with Crippen LogP contribution in [0.4, 0.5) is 10.1 Å². The van der Waals surface area contributed by atoms with Gasteiger partial charge in [-0.3, -0.25) is 0 Å². The fraction of sp³-hybridized carbons (Fsp3) is 0.333. The molecule has 0 saturated heterocycles. The summed E-state index contributed by atoms with van der Waals surface area (Å²) in [6, 6.07) is 7.64. The molecule has 3 heteroatoms. The van der Waals surface area contributed by atoms with Gasteiger partial charge in [0.05, 0.1) is 0 Å². The summed E-state index contributed by atoms with van der Waals surface area (Å²) >= 11 is 5.60. The van der Waals surface area contributed by atoms with Crippen LogP contribution < -0.4 is 5.32 Å². The van der Waals surface area contributed by atoms with Crippen molar-refractivity contribution < 1.29 is 4.39 Å². The largest absolute Gasteiger partial charge is 0.382 e. The van der Waals surface area contributed by atoms with E-state index in [4.69, 9.17) is 11.6 Å². The molecular formula is C9H11ClFN. The van der Waals surface area contributed by atoms with Crippen molar-refractivity contribution in [3.63, 3.8) is 0 Å². The molecule has 0 aliphatic rings. The van der Waals surface area contributed by atoms with Gasteiger partial charge < -0.3 is 5.32 Å². The van der Waals surface area contributed by atoms with E-state index in [2.05, 4.69) is 5.32 Å². The Labute approximate surface area is 76.5 Å². The Morgan fingerprint density at radius 3 is 2.42 bits per heavy atom. The van der Waals surface area contributed by atoms with E-state index in [9.17, 15) is 4.39 Å². The first-order chi connectivity index (χ1) is 5.86. The molecule has 0 aromatic heterocycles. The lowest BCUT2D eigenvalue weighted by Gasteiger charge is -2.03. The van der Waals surface area contributed by atoms with Crippen molar-refractivity contribution in [1.82, 2.24) is 0 Å². The monoisotopic (exact) mass is 187 g/mol. The molecule has 66 valence electrons. The highest BCUT2D eigenvalue weighted by Gasteiger charge is 1.91. The zero-order chi connectivity index (χ0) is 8.81. The topological polar surface area (TPSA) is 12.0 Å². The van der Waals surface area contributed by atoms with E-state index < -0.39 is 0 Å². The van der Waals surface area contributed by atoms with Crippen LogP contribution in [-0.2, 0) is 5.88 Å². The molecule has 0 fully saturated rings. The van der Waals surface area contributed by atoms with Crippen molar-refractivity contribution >= 4 is 17.3 Å². The average molecular weight is 188 g/mol. The van der Waals surface area contributed by atoms with Crippen LogP contribution in [0, 0.1) is 0 Å². The summed E-state index contributed by atoms with van der Waals surface area (Å²) in [5, 5.41) is 2.93. The van der Waals surface area contributed by atoms with Crippen LogP contribution in [0.5, 0.6) is 0 Å². The van der Waals surface area contributed by atoms with Crippen LogP contribution in [-0.4, -0.2) is 13.2 Å². The van der Waals surface area contributed by atoms with E-state index in [1.165, 1.54) is 0 Å². The predicted molar refractivity (Wildman–Crippen MR) is 50.5 cm³/mol. The molecule has 0 heterocycles. The van der Waals surface area contributed by atoms with Crippen molar-refractivity contribution in [2.75, 3.05) is 18.5 Å². The van der Waals surface area contributed by atoms with Crippen molar-refractivity contribution in [1.29, 1.82) is 0 Å². The second-order valence-electron chi connectivity index (χ2n) is 2.45. The highest BCUT2D eigenvalue weighted by Crippen LogP contribution is 2.10. The average Bonchev–Trinajstić information content (AvgIpc) is 2.15. The quantitative estimate of drug-likeness (QED) is 0.715. The van der Waals surface area contributed by atoms with Gasteiger partial charge in [0.2, 0.25) is 0 Å². The van der Waals surface area contributed by atoms with Gasteiger partial charge in [0.25, 0.3) is 0 Å². The lowest BCUT2D eigenvalue weighted by Crippen LogP contribution is -2.02. The highest BCUT2D eigenvalue weighted by atomic mass is 35.5. The van der Waals surface area contributed by atoms with Crippen molar-refractivity contribution in [2.24, 2.45) is 0 Å². The second kappa shape index (κ2) is 4.99. The lowest BCUT2D eigenvalue weighted by atomic mass is 10.2. The molecule has 0 saturated carbocycles. The minimum atomic E-state index is -0.350. The third kappa shape index (κ3) is 2.70. The highest BCUT2D eigenvalue weighted by molar-refractivity contribution is 6.17. The molecule has 0 unspecified atom stereocenters. The maximum atomic E-state index is 11.7. The van der Waals surface area contributed by atoms with Crippen molar-refractivity contribution in [3.05, 3.63) is 29.8 Å². The molecule has 0 aliphatic heterocycles.